The zero-order chi connectivity index (χ0) is 13.2. The summed E-state index contributed by atoms with van der Waals surface area (Å²) in [5.74, 6) is 0.792. The molecule has 1 aromatic carbocycles. The number of aliphatic hydroxyl groups excluding tert-OH is 1. The molecule has 2 rings (SSSR count). The van der Waals surface area contributed by atoms with Crippen LogP contribution >= 0.6 is 0 Å². The number of aliphatic hydroxyl groups is 1. The molecule has 0 amide bonds. The Hall–Kier alpha value is -1.39. The van der Waals surface area contributed by atoms with E-state index in [1.165, 1.54) is 0 Å². The van der Waals surface area contributed by atoms with Gasteiger partial charge in [0.15, 0.2) is 0 Å². The van der Waals surface area contributed by atoms with Gasteiger partial charge in [-0.05, 0) is 37.1 Å². The largest absolute Gasteiger partial charge is 0.492 e. The Morgan fingerprint density at radius 1 is 1.39 bits per heavy atom. The van der Waals surface area contributed by atoms with Gasteiger partial charge in [0.2, 0.25) is 0 Å². The Morgan fingerprint density at radius 3 is 2.39 bits per heavy atom. The summed E-state index contributed by atoms with van der Waals surface area (Å²) in [4.78, 5) is 10.8. The van der Waals surface area contributed by atoms with Crippen molar-refractivity contribution in [2.45, 2.75) is 13.8 Å². The fraction of sp³-hybridized carbons (Fsp3) is 0.500. The minimum absolute atomic E-state index is 0.0670. The van der Waals surface area contributed by atoms with E-state index in [0.717, 1.165) is 23.2 Å². The van der Waals surface area contributed by atoms with Gasteiger partial charge >= 0.3 is 0 Å². The molecule has 1 aromatic rings. The van der Waals surface area contributed by atoms with Gasteiger partial charge in [-0.25, -0.2) is 0 Å². The number of hydrogen-bond acceptors (Lipinski definition) is 4. The van der Waals surface area contributed by atoms with Gasteiger partial charge in [0.25, 0.3) is 0 Å². The van der Waals surface area contributed by atoms with Crippen LogP contribution in [-0.2, 0) is 4.74 Å². The van der Waals surface area contributed by atoms with E-state index < -0.39 is 0 Å². The third kappa shape index (κ3) is 2.40. The average molecular weight is 250 g/mol. The van der Waals surface area contributed by atoms with E-state index in [1.54, 1.807) is 12.1 Å². The van der Waals surface area contributed by atoms with Crippen molar-refractivity contribution in [3.05, 3.63) is 28.8 Å². The van der Waals surface area contributed by atoms with Crippen LogP contribution in [0.4, 0.5) is 0 Å². The summed E-state index contributed by atoms with van der Waals surface area (Å²) in [6.07, 6.45) is 0.832. The number of benzene rings is 1. The van der Waals surface area contributed by atoms with E-state index in [9.17, 15) is 9.90 Å². The van der Waals surface area contributed by atoms with E-state index in [1.807, 2.05) is 13.8 Å². The Morgan fingerprint density at radius 2 is 2.00 bits per heavy atom. The Balaban J connectivity index is 2.12. The summed E-state index contributed by atoms with van der Waals surface area (Å²) < 4.78 is 10.9. The summed E-state index contributed by atoms with van der Waals surface area (Å²) in [6.45, 7) is 5.40. The Kier molecular flexibility index (Phi) is 3.68. The van der Waals surface area contributed by atoms with Crippen molar-refractivity contribution in [3.8, 4) is 5.75 Å². The first-order valence-corrected chi connectivity index (χ1v) is 5.98. The van der Waals surface area contributed by atoms with Crippen molar-refractivity contribution in [2.75, 3.05) is 26.4 Å². The predicted octanol–water partition coefficient (Wildman–Crippen LogP) is 1.50. The quantitative estimate of drug-likeness (QED) is 0.805. The average Bonchev–Trinajstić information content (AvgIpc) is 2.30. The van der Waals surface area contributed by atoms with E-state index in [0.29, 0.717) is 25.4 Å². The van der Waals surface area contributed by atoms with Crippen LogP contribution in [0.15, 0.2) is 12.1 Å². The van der Waals surface area contributed by atoms with Gasteiger partial charge in [0.1, 0.15) is 18.6 Å². The molecule has 1 N–H and O–H groups in total. The molecule has 4 heteroatoms. The van der Waals surface area contributed by atoms with Crippen LogP contribution in [0.3, 0.4) is 0 Å². The second-order valence-electron chi connectivity index (χ2n) is 5.04. The van der Waals surface area contributed by atoms with E-state index in [-0.39, 0.29) is 12.0 Å². The first-order valence-electron chi connectivity index (χ1n) is 5.98. The molecule has 98 valence electrons. The molecule has 0 saturated carbocycles. The molecule has 4 nitrogen and oxygen atoms in total. The summed E-state index contributed by atoms with van der Waals surface area (Å²) in [6, 6.07) is 3.61. The molecular formula is C14H18O4. The molecule has 1 aliphatic heterocycles. The maximum Gasteiger partial charge on any atom is 0.150 e. The van der Waals surface area contributed by atoms with Crippen LogP contribution in [0.1, 0.15) is 21.5 Å². The molecule has 0 aromatic heterocycles. The molecule has 1 fully saturated rings. The minimum Gasteiger partial charge on any atom is -0.492 e. The van der Waals surface area contributed by atoms with Gasteiger partial charge in [-0.15, -0.1) is 0 Å². The zero-order valence-corrected chi connectivity index (χ0v) is 10.7. The van der Waals surface area contributed by atoms with Crippen LogP contribution in [0, 0.1) is 19.3 Å². The lowest BCUT2D eigenvalue weighted by Crippen LogP contribution is -2.50. The molecule has 0 bridgehead atoms. The monoisotopic (exact) mass is 250 g/mol. The van der Waals surface area contributed by atoms with Crippen molar-refractivity contribution >= 4 is 6.29 Å². The van der Waals surface area contributed by atoms with Crippen molar-refractivity contribution in [2.24, 2.45) is 5.41 Å². The number of carbonyl (C=O) groups excluding carboxylic acids is 1. The first-order chi connectivity index (χ1) is 8.60. The highest BCUT2D eigenvalue weighted by Gasteiger charge is 2.39. The first kappa shape index (κ1) is 13.1. The lowest BCUT2D eigenvalue weighted by Gasteiger charge is -2.39. The fourth-order valence-electron chi connectivity index (χ4n) is 2.12. The fourth-order valence-corrected chi connectivity index (χ4v) is 2.12. The smallest absolute Gasteiger partial charge is 0.150 e. The molecule has 0 atom stereocenters. The summed E-state index contributed by atoms with van der Waals surface area (Å²) >= 11 is 0. The number of aldehydes is 1. The molecule has 0 unspecified atom stereocenters. The van der Waals surface area contributed by atoms with E-state index in [4.69, 9.17) is 9.47 Å². The minimum atomic E-state index is -0.262. The maximum absolute atomic E-state index is 10.8. The van der Waals surface area contributed by atoms with Gasteiger partial charge in [-0.2, -0.15) is 0 Å². The molecule has 0 radical (unpaired) electrons. The second-order valence-corrected chi connectivity index (χ2v) is 5.04. The van der Waals surface area contributed by atoms with Gasteiger partial charge in [0, 0.05) is 5.56 Å². The van der Waals surface area contributed by atoms with Gasteiger partial charge in [0.05, 0.1) is 25.2 Å². The number of aryl methyl sites for hydroxylation is 2. The second kappa shape index (κ2) is 5.08. The molecule has 1 heterocycles. The van der Waals surface area contributed by atoms with Crippen molar-refractivity contribution in [3.63, 3.8) is 0 Å². The van der Waals surface area contributed by atoms with Crippen LogP contribution in [-0.4, -0.2) is 37.8 Å². The Labute approximate surface area is 107 Å². The standard InChI is InChI=1S/C14H18O4/c1-10-3-12(5-15)4-11(2)13(10)18-9-14(6-16)7-17-8-14/h3-5,16H,6-9H2,1-2H3. The molecule has 18 heavy (non-hydrogen) atoms. The van der Waals surface area contributed by atoms with Crippen molar-refractivity contribution in [1.29, 1.82) is 0 Å². The SMILES string of the molecule is Cc1cc(C=O)cc(C)c1OCC1(CO)COC1. The summed E-state index contributed by atoms with van der Waals surface area (Å²) in [5, 5.41) is 9.33. The molecular weight excluding hydrogens is 232 g/mol. The number of hydrogen-bond donors (Lipinski definition) is 1. The highest BCUT2D eigenvalue weighted by Crippen LogP contribution is 2.30. The lowest BCUT2D eigenvalue weighted by atomic mass is 9.88. The highest BCUT2D eigenvalue weighted by molar-refractivity contribution is 5.76. The summed E-state index contributed by atoms with van der Waals surface area (Å²) in [5.41, 5.74) is 2.26. The van der Waals surface area contributed by atoms with E-state index >= 15 is 0 Å². The number of ether oxygens (including phenoxy) is 2. The third-order valence-electron chi connectivity index (χ3n) is 3.29. The Bertz CT molecular complexity index is 421. The normalized spacial score (nSPS) is 17.1. The predicted molar refractivity (Wildman–Crippen MR) is 67.1 cm³/mol. The molecule has 1 saturated heterocycles. The number of rotatable bonds is 5. The number of carbonyl (C=O) groups is 1. The lowest BCUT2D eigenvalue weighted by molar-refractivity contribution is -0.153. The third-order valence-corrected chi connectivity index (χ3v) is 3.29. The summed E-state index contributed by atoms with van der Waals surface area (Å²) in [7, 11) is 0. The van der Waals surface area contributed by atoms with E-state index in [2.05, 4.69) is 0 Å². The maximum atomic E-state index is 10.8. The van der Waals surface area contributed by atoms with Crippen LogP contribution in [0.5, 0.6) is 5.75 Å². The van der Waals surface area contributed by atoms with Gasteiger partial charge in [-0.1, -0.05) is 0 Å². The van der Waals surface area contributed by atoms with Crippen LogP contribution in [0.25, 0.3) is 0 Å². The highest BCUT2D eigenvalue weighted by atomic mass is 16.5. The van der Waals surface area contributed by atoms with Gasteiger partial charge < -0.3 is 14.6 Å². The zero-order valence-electron chi connectivity index (χ0n) is 10.7. The molecule has 0 spiro atoms. The molecule has 1 aliphatic rings. The molecule has 0 aliphatic carbocycles. The van der Waals surface area contributed by atoms with Gasteiger partial charge in [-0.3, -0.25) is 4.79 Å². The van der Waals surface area contributed by atoms with Crippen molar-refractivity contribution < 1.29 is 19.4 Å². The van der Waals surface area contributed by atoms with Crippen LogP contribution in [0.2, 0.25) is 0 Å². The topological polar surface area (TPSA) is 55.8 Å². The van der Waals surface area contributed by atoms with Crippen LogP contribution < -0.4 is 4.74 Å². The van der Waals surface area contributed by atoms with Crippen molar-refractivity contribution in [1.82, 2.24) is 0 Å².